The molecule has 1 aliphatic carbocycles. The molecule has 2 aliphatic rings. The lowest BCUT2D eigenvalue weighted by Gasteiger charge is -2.30. The molecule has 2 aromatic rings. The van der Waals surface area contributed by atoms with Gasteiger partial charge < -0.3 is 20.3 Å². The minimum absolute atomic E-state index is 0.0360. The van der Waals surface area contributed by atoms with Crippen LogP contribution < -0.4 is 10.1 Å². The smallest absolute Gasteiger partial charge is 0.221 e. The molecule has 3 N–H and O–H groups in total. The molecule has 0 spiro atoms. The molecule has 2 atom stereocenters. The first-order valence-corrected chi connectivity index (χ1v) is 9.34. The fourth-order valence-corrected chi connectivity index (χ4v) is 4.20. The number of likely N-dealkylation sites (tertiary alicyclic amines) is 1. The van der Waals surface area contributed by atoms with Crippen molar-refractivity contribution < 1.29 is 19.7 Å². The van der Waals surface area contributed by atoms with Gasteiger partial charge in [-0.2, -0.15) is 0 Å². The van der Waals surface area contributed by atoms with E-state index in [1.807, 2.05) is 18.2 Å². The highest BCUT2D eigenvalue weighted by molar-refractivity contribution is 5.88. The van der Waals surface area contributed by atoms with Crippen molar-refractivity contribution in [1.82, 2.24) is 4.90 Å². The van der Waals surface area contributed by atoms with E-state index in [2.05, 4.69) is 10.2 Å². The van der Waals surface area contributed by atoms with Gasteiger partial charge in [0, 0.05) is 35.9 Å². The minimum Gasteiger partial charge on any atom is -0.508 e. The standard InChI is InChI=1S/C21H24N2O4/c1-13(24)22-14-5-4-6-16(9-14)27-21-18-10-15(25)11-20(26)17(18)12-19(21)23-7-2-3-8-23/h4-6,9-11,19,21,25-26H,2-3,7-8,12H2,1H3,(H,22,24). The van der Waals surface area contributed by atoms with Crippen molar-refractivity contribution in [2.45, 2.75) is 38.3 Å². The maximum absolute atomic E-state index is 11.3. The molecule has 27 heavy (non-hydrogen) atoms. The summed E-state index contributed by atoms with van der Waals surface area (Å²) in [6.45, 7) is 3.49. The average molecular weight is 368 g/mol. The van der Waals surface area contributed by atoms with Gasteiger partial charge in [-0.25, -0.2) is 0 Å². The molecule has 0 aromatic heterocycles. The summed E-state index contributed by atoms with van der Waals surface area (Å²) in [6.07, 6.45) is 2.73. The first-order valence-electron chi connectivity index (χ1n) is 9.34. The predicted octanol–water partition coefficient (Wildman–Crippen LogP) is 3.20. The third-order valence-corrected chi connectivity index (χ3v) is 5.34. The normalized spacial score (nSPS) is 21.8. The first kappa shape index (κ1) is 17.7. The van der Waals surface area contributed by atoms with Gasteiger partial charge in [0.2, 0.25) is 5.91 Å². The summed E-state index contributed by atoms with van der Waals surface area (Å²) in [5.41, 5.74) is 2.34. The van der Waals surface area contributed by atoms with Crippen LogP contribution in [0.15, 0.2) is 36.4 Å². The number of aromatic hydroxyl groups is 2. The Morgan fingerprint density at radius 1 is 1.19 bits per heavy atom. The van der Waals surface area contributed by atoms with E-state index in [1.54, 1.807) is 12.1 Å². The molecule has 0 saturated carbocycles. The van der Waals surface area contributed by atoms with Gasteiger partial charge in [0.05, 0.1) is 6.04 Å². The molecular weight excluding hydrogens is 344 g/mol. The molecule has 1 fully saturated rings. The number of carbonyl (C=O) groups excluding carboxylic acids is 1. The van der Waals surface area contributed by atoms with Gasteiger partial charge in [-0.15, -0.1) is 0 Å². The van der Waals surface area contributed by atoms with Crippen LogP contribution >= 0.6 is 0 Å². The maximum atomic E-state index is 11.3. The highest BCUT2D eigenvalue weighted by Crippen LogP contribution is 2.44. The Hall–Kier alpha value is -2.73. The van der Waals surface area contributed by atoms with Crippen molar-refractivity contribution in [2.24, 2.45) is 0 Å². The summed E-state index contributed by atoms with van der Waals surface area (Å²) in [5, 5.41) is 23.1. The van der Waals surface area contributed by atoms with E-state index in [0.717, 1.165) is 37.1 Å². The number of rotatable bonds is 4. The SMILES string of the molecule is CC(=O)Nc1cccc(OC2c3cc(O)cc(O)c3CC2N2CCCC2)c1. The zero-order valence-corrected chi connectivity index (χ0v) is 15.3. The van der Waals surface area contributed by atoms with E-state index < -0.39 is 0 Å². The van der Waals surface area contributed by atoms with Gasteiger partial charge >= 0.3 is 0 Å². The van der Waals surface area contributed by atoms with E-state index in [4.69, 9.17) is 4.74 Å². The van der Waals surface area contributed by atoms with E-state index in [-0.39, 0.29) is 29.6 Å². The van der Waals surface area contributed by atoms with Gasteiger partial charge in [0.25, 0.3) is 0 Å². The van der Waals surface area contributed by atoms with E-state index in [9.17, 15) is 15.0 Å². The molecule has 2 aromatic carbocycles. The quantitative estimate of drug-likeness (QED) is 0.772. The monoisotopic (exact) mass is 368 g/mol. The molecule has 1 amide bonds. The maximum Gasteiger partial charge on any atom is 0.221 e. The summed E-state index contributed by atoms with van der Waals surface area (Å²) < 4.78 is 6.34. The van der Waals surface area contributed by atoms with E-state index in [0.29, 0.717) is 17.9 Å². The second kappa shape index (κ2) is 7.12. The molecule has 4 rings (SSSR count). The summed E-state index contributed by atoms with van der Waals surface area (Å²) in [6, 6.07) is 10.5. The number of hydrogen-bond donors (Lipinski definition) is 3. The number of amides is 1. The average Bonchev–Trinajstić information content (AvgIpc) is 3.23. The van der Waals surface area contributed by atoms with Crippen molar-refractivity contribution >= 4 is 11.6 Å². The number of ether oxygens (including phenoxy) is 1. The van der Waals surface area contributed by atoms with Crippen LogP contribution in [0.2, 0.25) is 0 Å². The molecule has 6 heteroatoms. The highest BCUT2D eigenvalue weighted by atomic mass is 16.5. The summed E-state index contributed by atoms with van der Waals surface area (Å²) in [4.78, 5) is 13.7. The fraction of sp³-hybridized carbons (Fsp3) is 0.381. The Morgan fingerprint density at radius 3 is 2.70 bits per heavy atom. The molecule has 0 radical (unpaired) electrons. The van der Waals surface area contributed by atoms with Crippen LogP contribution in [-0.4, -0.2) is 40.2 Å². The Kier molecular flexibility index (Phi) is 4.66. The second-order valence-electron chi connectivity index (χ2n) is 7.29. The van der Waals surface area contributed by atoms with Crippen molar-refractivity contribution in [3.63, 3.8) is 0 Å². The Bertz CT molecular complexity index is 861. The van der Waals surface area contributed by atoms with Crippen LogP contribution in [0.4, 0.5) is 5.69 Å². The van der Waals surface area contributed by atoms with E-state index in [1.165, 1.54) is 13.0 Å². The topological polar surface area (TPSA) is 82.0 Å². The minimum atomic E-state index is -0.288. The molecule has 2 unspecified atom stereocenters. The number of phenols is 2. The fourth-order valence-electron chi connectivity index (χ4n) is 4.20. The van der Waals surface area contributed by atoms with Gasteiger partial charge in [0.1, 0.15) is 23.4 Å². The largest absolute Gasteiger partial charge is 0.508 e. The third kappa shape index (κ3) is 3.57. The van der Waals surface area contributed by atoms with Gasteiger partial charge in [-0.05, 0) is 50.6 Å². The van der Waals surface area contributed by atoms with Crippen molar-refractivity contribution in [3.8, 4) is 17.2 Å². The lowest BCUT2D eigenvalue weighted by atomic mass is 10.1. The summed E-state index contributed by atoms with van der Waals surface area (Å²) in [5.74, 6) is 0.662. The molecule has 6 nitrogen and oxygen atoms in total. The Morgan fingerprint density at radius 2 is 1.96 bits per heavy atom. The first-order chi connectivity index (χ1) is 13.0. The summed E-state index contributed by atoms with van der Waals surface area (Å²) in [7, 11) is 0. The number of anilines is 1. The second-order valence-corrected chi connectivity index (χ2v) is 7.29. The number of nitrogens with one attached hydrogen (secondary N) is 1. The number of fused-ring (bicyclic) bond motifs is 1. The zero-order chi connectivity index (χ0) is 19.0. The van der Waals surface area contributed by atoms with Gasteiger partial charge in [0.15, 0.2) is 0 Å². The van der Waals surface area contributed by atoms with Crippen LogP contribution in [-0.2, 0) is 11.2 Å². The van der Waals surface area contributed by atoms with Crippen LogP contribution in [0.1, 0.15) is 37.0 Å². The molecule has 1 heterocycles. The highest BCUT2D eigenvalue weighted by Gasteiger charge is 2.40. The van der Waals surface area contributed by atoms with Gasteiger partial charge in [-0.3, -0.25) is 9.69 Å². The van der Waals surface area contributed by atoms with Crippen LogP contribution in [0.25, 0.3) is 0 Å². The number of carbonyl (C=O) groups is 1. The van der Waals surface area contributed by atoms with Crippen LogP contribution in [0, 0.1) is 0 Å². The predicted molar refractivity (Wildman–Crippen MR) is 102 cm³/mol. The molecule has 0 bridgehead atoms. The molecule has 142 valence electrons. The lowest BCUT2D eigenvalue weighted by Crippen LogP contribution is -2.38. The van der Waals surface area contributed by atoms with Crippen molar-refractivity contribution in [2.75, 3.05) is 18.4 Å². The molecule has 1 aliphatic heterocycles. The Labute approximate surface area is 158 Å². The zero-order valence-electron chi connectivity index (χ0n) is 15.3. The van der Waals surface area contributed by atoms with Crippen LogP contribution in [0.5, 0.6) is 17.2 Å². The Balaban J connectivity index is 1.67. The van der Waals surface area contributed by atoms with Crippen molar-refractivity contribution in [1.29, 1.82) is 0 Å². The van der Waals surface area contributed by atoms with Gasteiger partial charge in [-0.1, -0.05) is 6.07 Å². The van der Waals surface area contributed by atoms with Crippen molar-refractivity contribution in [3.05, 3.63) is 47.5 Å². The third-order valence-electron chi connectivity index (χ3n) is 5.34. The summed E-state index contributed by atoms with van der Waals surface area (Å²) >= 11 is 0. The van der Waals surface area contributed by atoms with E-state index >= 15 is 0 Å². The number of benzene rings is 2. The lowest BCUT2D eigenvalue weighted by molar-refractivity contribution is -0.114. The number of nitrogens with zero attached hydrogens (tertiary/aromatic N) is 1. The molecule has 1 saturated heterocycles. The van der Waals surface area contributed by atoms with Crippen LogP contribution in [0.3, 0.4) is 0 Å². The number of hydrogen-bond acceptors (Lipinski definition) is 5. The molecular formula is C21H24N2O4. The number of phenolic OH excluding ortho intramolecular Hbond substituents is 2.